The van der Waals surface area contributed by atoms with E-state index in [0.717, 1.165) is 17.0 Å². The van der Waals surface area contributed by atoms with Crippen LogP contribution in [0.25, 0.3) is 0 Å². The minimum atomic E-state index is -0.428. The third-order valence-corrected chi connectivity index (χ3v) is 5.22. The molecule has 0 saturated carbocycles. The number of carbonyl (C=O) groups is 1. The van der Waals surface area contributed by atoms with Crippen molar-refractivity contribution in [3.63, 3.8) is 0 Å². The van der Waals surface area contributed by atoms with Crippen molar-refractivity contribution in [1.29, 1.82) is 0 Å². The van der Waals surface area contributed by atoms with E-state index in [0.29, 0.717) is 35.6 Å². The number of benzene rings is 2. The highest BCUT2D eigenvalue weighted by Crippen LogP contribution is 2.35. The van der Waals surface area contributed by atoms with Gasteiger partial charge >= 0.3 is 5.97 Å². The van der Waals surface area contributed by atoms with Gasteiger partial charge in [0.25, 0.3) is 0 Å². The van der Waals surface area contributed by atoms with Crippen LogP contribution in [0.5, 0.6) is 11.5 Å². The Bertz CT molecular complexity index is 1030. The van der Waals surface area contributed by atoms with Gasteiger partial charge in [-0.15, -0.1) is 0 Å². The molecule has 0 saturated heterocycles. The van der Waals surface area contributed by atoms with Crippen LogP contribution in [0.4, 0.5) is 5.69 Å². The molecule has 1 aliphatic heterocycles. The van der Waals surface area contributed by atoms with Crippen molar-refractivity contribution in [2.24, 2.45) is 5.10 Å². The molecule has 0 aromatic heterocycles. The highest BCUT2D eigenvalue weighted by Gasteiger charge is 2.31. The molecule has 1 heterocycles. The zero-order valence-electron chi connectivity index (χ0n) is 19.7. The van der Waals surface area contributed by atoms with Gasteiger partial charge in [0.15, 0.2) is 11.7 Å². The van der Waals surface area contributed by atoms with Gasteiger partial charge in [-0.3, -0.25) is 5.43 Å². The quantitative estimate of drug-likeness (QED) is 0.335. The van der Waals surface area contributed by atoms with Crippen molar-refractivity contribution in [2.75, 3.05) is 18.5 Å². The number of nitrogens with one attached hydrogen (secondary N) is 2. The smallest absolute Gasteiger partial charge is 0.344 e. The van der Waals surface area contributed by atoms with Crippen LogP contribution in [0.15, 0.2) is 47.6 Å². The van der Waals surface area contributed by atoms with Gasteiger partial charge in [-0.05, 0) is 74.8 Å². The first-order valence-electron chi connectivity index (χ1n) is 11.0. The molecule has 0 bridgehead atoms. The number of esters is 1. The number of hydrogen-bond donors (Lipinski definition) is 2. The summed E-state index contributed by atoms with van der Waals surface area (Å²) in [4.78, 5) is 11.6. The van der Waals surface area contributed by atoms with Crippen LogP contribution >= 0.6 is 12.2 Å². The summed E-state index contributed by atoms with van der Waals surface area (Å²) in [6, 6.07) is 13.5. The maximum atomic E-state index is 11.6. The van der Waals surface area contributed by atoms with Gasteiger partial charge in [-0.1, -0.05) is 26.0 Å². The summed E-state index contributed by atoms with van der Waals surface area (Å²) in [6.45, 7) is 10.2. The molecular formula is C25H31N3O4S. The van der Waals surface area contributed by atoms with E-state index in [1.807, 2.05) is 38.1 Å². The number of anilines is 1. The van der Waals surface area contributed by atoms with E-state index in [9.17, 15) is 4.79 Å². The number of fused-ring (bicyclic) bond motifs is 1. The molecule has 176 valence electrons. The van der Waals surface area contributed by atoms with E-state index in [4.69, 9.17) is 26.4 Å². The zero-order chi connectivity index (χ0) is 24.0. The third kappa shape index (κ3) is 6.92. The number of nitrogens with zero attached hydrogens (tertiary/aromatic N) is 1. The maximum Gasteiger partial charge on any atom is 0.344 e. The lowest BCUT2D eigenvalue weighted by Gasteiger charge is -2.33. The highest BCUT2D eigenvalue weighted by atomic mass is 32.1. The van der Waals surface area contributed by atoms with Crippen molar-refractivity contribution in [3.8, 4) is 11.5 Å². The van der Waals surface area contributed by atoms with Crippen molar-refractivity contribution >= 4 is 34.7 Å². The van der Waals surface area contributed by atoms with E-state index in [-0.39, 0.29) is 6.61 Å². The molecule has 2 aromatic rings. The Morgan fingerprint density at radius 1 is 1.21 bits per heavy atom. The summed E-state index contributed by atoms with van der Waals surface area (Å²) in [6.07, 6.45) is 0.569. The molecule has 0 radical (unpaired) electrons. The topological polar surface area (TPSA) is 81.2 Å². The normalized spacial score (nSPS) is 15.4. The van der Waals surface area contributed by atoms with Gasteiger partial charge < -0.3 is 19.5 Å². The lowest BCUT2D eigenvalue weighted by Crippen LogP contribution is -2.37. The van der Waals surface area contributed by atoms with Gasteiger partial charge in [-0.25, -0.2) is 4.79 Å². The largest absolute Gasteiger partial charge is 0.487 e. The lowest BCUT2D eigenvalue weighted by atomic mass is 9.92. The number of rotatable bonds is 7. The summed E-state index contributed by atoms with van der Waals surface area (Å²) in [5.41, 5.74) is 6.23. The minimum absolute atomic E-state index is 0.159. The summed E-state index contributed by atoms with van der Waals surface area (Å²) >= 11 is 5.43. The first kappa shape index (κ1) is 24.5. The molecule has 0 spiro atoms. The molecule has 0 aliphatic carbocycles. The van der Waals surface area contributed by atoms with Crippen LogP contribution in [0.2, 0.25) is 0 Å². The second-order valence-electron chi connectivity index (χ2n) is 8.69. The molecule has 0 atom stereocenters. The van der Waals surface area contributed by atoms with Gasteiger partial charge in [0, 0.05) is 17.7 Å². The molecule has 0 amide bonds. The summed E-state index contributed by atoms with van der Waals surface area (Å²) in [7, 11) is 0. The van der Waals surface area contributed by atoms with Crippen LogP contribution in [-0.4, -0.2) is 35.6 Å². The van der Waals surface area contributed by atoms with E-state index in [1.165, 1.54) is 5.56 Å². The van der Waals surface area contributed by atoms with E-state index < -0.39 is 11.6 Å². The highest BCUT2D eigenvalue weighted by molar-refractivity contribution is 7.80. The fraction of sp³-hybridized carbons (Fsp3) is 0.400. The molecule has 2 N–H and O–H groups in total. The SMILES string of the molecule is CCOC(=O)COc1ccc2c(c1)C(=NNC(=S)Nc1ccc(C(C)C)cc1)CC(C)(C)O2. The molecule has 1 aliphatic rings. The number of ether oxygens (including phenoxy) is 3. The van der Waals surface area contributed by atoms with Crippen molar-refractivity contribution in [2.45, 2.75) is 52.6 Å². The van der Waals surface area contributed by atoms with Crippen molar-refractivity contribution in [1.82, 2.24) is 5.43 Å². The molecule has 8 heteroatoms. The summed E-state index contributed by atoms with van der Waals surface area (Å²) in [5.74, 6) is 1.28. The van der Waals surface area contributed by atoms with Gasteiger partial charge in [0.2, 0.25) is 0 Å². The van der Waals surface area contributed by atoms with E-state index in [1.54, 1.807) is 13.0 Å². The van der Waals surface area contributed by atoms with Crippen LogP contribution < -0.4 is 20.2 Å². The number of hydrogen-bond acceptors (Lipinski definition) is 6. The Kier molecular flexibility index (Phi) is 7.92. The zero-order valence-corrected chi connectivity index (χ0v) is 20.5. The first-order chi connectivity index (χ1) is 15.7. The average Bonchev–Trinajstić information content (AvgIpc) is 2.76. The predicted octanol–water partition coefficient (Wildman–Crippen LogP) is 5.00. The minimum Gasteiger partial charge on any atom is -0.487 e. The second-order valence-corrected chi connectivity index (χ2v) is 9.10. The van der Waals surface area contributed by atoms with Crippen molar-refractivity contribution in [3.05, 3.63) is 53.6 Å². The Labute approximate surface area is 200 Å². The standard InChI is InChI=1S/C25H31N3O4S/c1-6-30-23(29)15-31-19-11-12-22-20(13-19)21(14-25(4,5)32-22)27-28-24(33)26-18-9-7-17(8-10-18)16(2)3/h7-13,16H,6,14-15H2,1-5H3,(H2,26,28,33). The fourth-order valence-corrected chi connectivity index (χ4v) is 3.58. The number of carbonyl (C=O) groups excluding carboxylic acids is 1. The van der Waals surface area contributed by atoms with Crippen molar-refractivity contribution < 1.29 is 19.0 Å². The van der Waals surface area contributed by atoms with Gasteiger partial charge in [-0.2, -0.15) is 5.10 Å². The van der Waals surface area contributed by atoms with Crippen LogP contribution in [0, 0.1) is 0 Å². The average molecular weight is 470 g/mol. The summed E-state index contributed by atoms with van der Waals surface area (Å²) < 4.78 is 16.6. The molecule has 33 heavy (non-hydrogen) atoms. The van der Waals surface area contributed by atoms with Crippen LogP contribution in [0.3, 0.4) is 0 Å². The second kappa shape index (κ2) is 10.7. The predicted molar refractivity (Wildman–Crippen MR) is 134 cm³/mol. The Balaban J connectivity index is 1.72. The molecule has 3 rings (SSSR count). The van der Waals surface area contributed by atoms with Crippen LogP contribution in [-0.2, 0) is 9.53 Å². The Morgan fingerprint density at radius 3 is 2.61 bits per heavy atom. The molecule has 7 nitrogen and oxygen atoms in total. The van der Waals surface area contributed by atoms with Gasteiger partial charge in [0.05, 0.1) is 12.3 Å². The van der Waals surface area contributed by atoms with E-state index in [2.05, 4.69) is 41.8 Å². The van der Waals surface area contributed by atoms with Gasteiger partial charge in [0.1, 0.15) is 17.1 Å². The monoisotopic (exact) mass is 469 g/mol. The van der Waals surface area contributed by atoms with Crippen LogP contribution in [0.1, 0.15) is 58.1 Å². The molecule has 0 fully saturated rings. The third-order valence-electron chi connectivity index (χ3n) is 5.03. The number of hydrazone groups is 1. The lowest BCUT2D eigenvalue weighted by molar-refractivity contribution is -0.145. The molecular weight excluding hydrogens is 438 g/mol. The molecule has 2 aromatic carbocycles. The maximum absolute atomic E-state index is 11.6. The fourth-order valence-electron chi connectivity index (χ4n) is 3.42. The Hall–Kier alpha value is -3.13. The number of thiocarbonyl (C=S) groups is 1. The molecule has 0 unspecified atom stereocenters. The Morgan fingerprint density at radius 2 is 1.94 bits per heavy atom. The van der Waals surface area contributed by atoms with E-state index >= 15 is 0 Å². The first-order valence-corrected chi connectivity index (χ1v) is 11.4. The summed E-state index contributed by atoms with van der Waals surface area (Å²) in [5, 5.41) is 8.11.